The Kier molecular flexibility index (Phi) is 3.63. The molecule has 1 aromatic heterocycles. The zero-order valence-corrected chi connectivity index (χ0v) is 8.99. The molecule has 0 atom stereocenters. The van der Waals surface area contributed by atoms with E-state index < -0.39 is 0 Å². The van der Waals surface area contributed by atoms with E-state index >= 15 is 0 Å². The molecule has 76 valence electrons. The van der Waals surface area contributed by atoms with E-state index in [1.165, 1.54) is 0 Å². The van der Waals surface area contributed by atoms with E-state index in [0.29, 0.717) is 11.6 Å². The highest BCUT2D eigenvalue weighted by Crippen LogP contribution is 2.24. The van der Waals surface area contributed by atoms with Crippen molar-refractivity contribution in [3.8, 4) is 6.07 Å². The van der Waals surface area contributed by atoms with Crippen LogP contribution in [0.4, 0.5) is 0 Å². The minimum absolute atomic E-state index is 0.402. The molecule has 0 fully saturated rings. The molecular formula is C10H16N4. The van der Waals surface area contributed by atoms with Crippen LogP contribution in [0.1, 0.15) is 50.9 Å². The quantitative estimate of drug-likeness (QED) is 0.733. The van der Waals surface area contributed by atoms with Crippen LogP contribution >= 0.6 is 0 Å². The van der Waals surface area contributed by atoms with Gasteiger partial charge in [0, 0.05) is 12.5 Å². The molecule has 1 aromatic rings. The fraction of sp³-hybridized carbons (Fsp3) is 0.700. The number of nitriles is 1. The standard InChI is InChI=1S/C10H16N4/c1-4-8(5-2)10-9(7-11)12-13-14(10)6-3/h8H,4-6H2,1-3H3. The van der Waals surface area contributed by atoms with E-state index in [1.54, 1.807) is 0 Å². The molecule has 0 aromatic carbocycles. The number of nitrogens with zero attached hydrogens (tertiary/aromatic N) is 4. The molecule has 0 spiro atoms. The summed E-state index contributed by atoms with van der Waals surface area (Å²) in [7, 11) is 0. The minimum Gasteiger partial charge on any atom is -0.248 e. The summed E-state index contributed by atoms with van der Waals surface area (Å²) in [6.07, 6.45) is 2.05. The van der Waals surface area contributed by atoms with Gasteiger partial charge in [-0.25, -0.2) is 4.68 Å². The van der Waals surface area contributed by atoms with E-state index in [0.717, 1.165) is 25.1 Å². The van der Waals surface area contributed by atoms with E-state index in [2.05, 4.69) is 30.2 Å². The molecule has 0 aliphatic rings. The molecule has 0 amide bonds. The fourth-order valence-corrected chi connectivity index (χ4v) is 1.71. The fourth-order valence-electron chi connectivity index (χ4n) is 1.71. The van der Waals surface area contributed by atoms with Crippen LogP contribution in [0.15, 0.2) is 0 Å². The van der Waals surface area contributed by atoms with Crippen LogP contribution in [0, 0.1) is 11.3 Å². The molecule has 0 saturated carbocycles. The van der Waals surface area contributed by atoms with Gasteiger partial charge in [0.2, 0.25) is 0 Å². The molecule has 1 rings (SSSR count). The molecule has 0 aliphatic carbocycles. The van der Waals surface area contributed by atoms with Gasteiger partial charge in [0.15, 0.2) is 5.69 Å². The molecule has 0 aliphatic heterocycles. The van der Waals surface area contributed by atoms with Gasteiger partial charge in [-0.3, -0.25) is 0 Å². The Morgan fingerprint density at radius 3 is 2.43 bits per heavy atom. The maximum absolute atomic E-state index is 8.90. The van der Waals surface area contributed by atoms with Crippen molar-refractivity contribution in [1.82, 2.24) is 15.0 Å². The summed E-state index contributed by atoms with van der Waals surface area (Å²) in [5.41, 5.74) is 1.49. The van der Waals surface area contributed by atoms with E-state index in [4.69, 9.17) is 5.26 Å². The highest BCUT2D eigenvalue weighted by molar-refractivity contribution is 5.27. The maximum Gasteiger partial charge on any atom is 0.186 e. The third kappa shape index (κ3) is 1.77. The Morgan fingerprint density at radius 1 is 1.36 bits per heavy atom. The van der Waals surface area contributed by atoms with Crippen molar-refractivity contribution in [1.29, 1.82) is 5.26 Å². The maximum atomic E-state index is 8.90. The third-order valence-electron chi connectivity index (χ3n) is 2.55. The van der Waals surface area contributed by atoms with Crippen molar-refractivity contribution in [2.24, 2.45) is 0 Å². The molecule has 0 unspecified atom stereocenters. The van der Waals surface area contributed by atoms with Crippen LogP contribution in [0.3, 0.4) is 0 Å². The van der Waals surface area contributed by atoms with E-state index in [-0.39, 0.29) is 0 Å². The summed E-state index contributed by atoms with van der Waals surface area (Å²) >= 11 is 0. The first-order valence-corrected chi connectivity index (χ1v) is 5.11. The van der Waals surface area contributed by atoms with Gasteiger partial charge in [-0.05, 0) is 19.8 Å². The topological polar surface area (TPSA) is 54.5 Å². The Balaban J connectivity index is 3.14. The lowest BCUT2D eigenvalue weighted by Gasteiger charge is -2.13. The molecule has 0 N–H and O–H groups in total. The predicted octanol–water partition coefficient (Wildman–Crippen LogP) is 2.07. The van der Waals surface area contributed by atoms with Crippen molar-refractivity contribution in [3.05, 3.63) is 11.4 Å². The molecule has 1 heterocycles. The Labute approximate surface area is 84.5 Å². The number of aromatic nitrogens is 3. The molecule has 4 heteroatoms. The lowest BCUT2D eigenvalue weighted by atomic mass is 9.98. The number of rotatable bonds is 4. The summed E-state index contributed by atoms with van der Waals surface area (Å²) in [5.74, 6) is 0.402. The number of hydrogen-bond donors (Lipinski definition) is 0. The Hall–Kier alpha value is -1.37. The monoisotopic (exact) mass is 192 g/mol. The number of aryl methyl sites for hydroxylation is 1. The lowest BCUT2D eigenvalue weighted by molar-refractivity contribution is 0.532. The average molecular weight is 192 g/mol. The summed E-state index contributed by atoms with van der Waals surface area (Å²) < 4.78 is 1.83. The molecule has 4 nitrogen and oxygen atoms in total. The second-order valence-electron chi connectivity index (χ2n) is 3.26. The molecule has 0 radical (unpaired) electrons. The molecule has 14 heavy (non-hydrogen) atoms. The smallest absolute Gasteiger partial charge is 0.186 e. The van der Waals surface area contributed by atoms with E-state index in [9.17, 15) is 0 Å². The van der Waals surface area contributed by atoms with Crippen LogP contribution in [-0.4, -0.2) is 15.0 Å². The minimum atomic E-state index is 0.402. The summed E-state index contributed by atoms with van der Waals surface area (Å²) in [6.45, 7) is 7.05. The zero-order valence-electron chi connectivity index (χ0n) is 8.99. The van der Waals surface area contributed by atoms with Crippen molar-refractivity contribution in [3.63, 3.8) is 0 Å². The van der Waals surface area contributed by atoms with Crippen LogP contribution < -0.4 is 0 Å². The predicted molar refractivity (Wildman–Crippen MR) is 53.7 cm³/mol. The van der Waals surface area contributed by atoms with Crippen LogP contribution in [-0.2, 0) is 6.54 Å². The zero-order chi connectivity index (χ0) is 10.6. The first-order valence-electron chi connectivity index (χ1n) is 5.11. The Bertz CT molecular complexity index is 330. The van der Waals surface area contributed by atoms with Crippen molar-refractivity contribution < 1.29 is 0 Å². The summed E-state index contributed by atoms with van der Waals surface area (Å²) in [6, 6.07) is 2.10. The van der Waals surface area contributed by atoms with Gasteiger partial charge in [-0.1, -0.05) is 19.1 Å². The largest absolute Gasteiger partial charge is 0.248 e. The second kappa shape index (κ2) is 4.75. The van der Waals surface area contributed by atoms with Crippen molar-refractivity contribution in [2.75, 3.05) is 0 Å². The number of hydrogen-bond acceptors (Lipinski definition) is 3. The average Bonchev–Trinajstić information content (AvgIpc) is 2.63. The van der Waals surface area contributed by atoms with Crippen LogP contribution in [0.5, 0.6) is 0 Å². The highest BCUT2D eigenvalue weighted by Gasteiger charge is 2.18. The van der Waals surface area contributed by atoms with Gasteiger partial charge in [0.1, 0.15) is 6.07 Å². The van der Waals surface area contributed by atoms with Gasteiger partial charge in [0.25, 0.3) is 0 Å². The van der Waals surface area contributed by atoms with Gasteiger partial charge in [-0.15, -0.1) is 5.10 Å². The third-order valence-corrected chi connectivity index (χ3v) is 2.55. The molecule has 0 saturated heterocycles. The van der Waals surface area contributed by atoms with E-state index in [1.807, 2.05) is 11.6 Å². The van der Waals surface area contributed by atoms with Gasteiger partial charge < -0.3 is 0 Å². The van der Waals surface area contributed by atoms with Crippen LogP contribution in [0.2, 0.25) is 0 Å². The Morgan fingerprint density at radius 2 is 2.00 bits per heavy atom. The van der Waals surface area contributed by atoms with Gasteiger partial charge in [-0.2, -0.15) is 5.26 Å². The normalized spacial score (nSPS) is 10.5. The van der Waals surface area contributed by atoms with Gasteiger partial charge >= 0.3 is 0 Å². The molecular weight excluding hydrogens is 176 g/mol. The van der Waals surface area contributed by atoms with Crippen LogP contribution in [0.25, 0.3) is 0 Å². The highest BCUT2D eigenvalue weighted by atomic mass is 15.4. The molecule has 0 bridgehead atoms. The summed E-state index contributed by atoms with van der Waals surface area (Å²) in [5, 5.41) is 16.7. The van der Waals surface area contributed by atoms with Crippen molar-refractivity contribution >= 4 is 0 Å². The van der Waals surface area contributed by atoms with Gasteiger partial charge in [0.05, 0.1) is 5.69 Å². The summed E-state index contributed by atoms with van der Waals surface area (Å²) in [4.78, 5) is 0. The second-order valence-corrected chi connectivity index (χ2v) is 3.26. The lowest BCUT2D eigenvalue weighted by Crippen LogP contribution is -2.08. The van der Waals surface area contributed by atoms with Crippen molar-refractivity contribution in [2.45, 2.75) is 46.1 Å². The first-order chi connectivity index (χ1) is 6.78. The SMILES string of the molecule is CCC(CC)c1c(C#N)nnn1CC. The first kappa shape index (κ1) is 10.7.